The van der Waals surface area contributed by atoms with E-state index >= 15 is 0 Å². The minimum Gasteiger partial charge on any atom is -0.506 e. The summed E-state index contributed by atoms with van der Waals surface area (Å²) in [7, 11) is 0. The van der Waals surface area contributed by atoms with Crippen LogP contribution in [0.25, 0.3) is 0 Å². The number of halogens is 1. The molecule has 3 aromatic rings. The van der Waals surface area contributed by atoms with Crippen LogP contribution in [0.3, 0.4) is 0 Å². The fraction of sp³-hybridized carbons (Fsp3) is 0.0909. The number of phenols is 1. The van der Waals surface area contributed by atoms with Gasteiger partial charge in [0, 0.05) is 11.3 Å². The second-order valence-electron chi connectivity index (χ2n) is 6.26. The molecular weight excluding hydrogens is 359 g/mol. The first-order chi connectivity index (χ1) is 13.5. The van der Waals surface area contributed by atoms with Crippen LogP contribution in [0, 0.1) is 12.7 Å². The first-order valence-corrected chi connectivity index (χ1v) is 8.67. The fourth-order valence-corrected chi connectivity index (χ4v) is 2.74. The number of ketones is 1. The van der Waals surface area contributed by atoms with Crippen molar-refractivity contribution < 1.29 is 19.1 Å². The van der Waals surface area contributed by atoms with Gasteiger partial charge in [0.05, 0.1) is 17.8 Å². The summed E-state index contributed by atoms with van der Waals surface area (Å²) in [4.78, 5) is 24.5. The number of amides is 1. The Labute approximate surface area is 161 Å². The van der Waals surface area contributed by atoms with Crippen LogP contribution in [0.2, 0.25) is 0 Å². The molecule has 0 saturated carbocycles. The molecule has 3 rings (SSSR count). The molecule has 0 aliphatic rings. The van der Waals surface area contributed by atoms with E-state index in [2.05, 4.69) is 10.6 Å². The summed E-state index contributed by atoms with van der Waals surface area (Å²) in [6.07, 6.45) is 0. The maximum atomic E-state index is 14.4. The third-order valence-corrected chi connectivity index (χ3v) is 4.23. The number of aromatic hydroxyl groups is 1. The zero-order valence-electron chi connectivity index (χ0n) is 15.2. The molecular formula is C22H19FN2O3. The van der Waals surface area contributed by atoms with Crippen molar-refractivity contribution in [2.45, 2.75) is 6.92 Å². The van der Waals surface area contributed by atoms with Gasteiger partial charge in [-0.1, -0.05) is 36.4 Å². The number of hydrogen-bond acceptors (Lipinski definition) is 4. The van der Waals surface area contributed by atoms with Crippen molar-refractivity contribution in [3.05, 3.63) is 89.2 Å². The normalized spacial score (nSPS) is 10.4. The molecule has 28 heavy (non-hydrogen) atoms. The van der Waals surface area contributed by atoms with Crippen LogP contribution in [0.4, 0.5) is 15.8 Å². The van der Waals surface area contributed by atoms with Crippen LogP contribution in [0.15, 0.2) is 66.7 Å². The quantitative estimate of drug-likeness (QED) is 0.445. The van der Waals surface area contributed by atoms with Gasteiger partial charge in [-0.3, -0.25) is 9.59 Å². The highest BCUT2D eigenvalue weighted by Crippen LogP contribution is 2.22. The van der Waals surface area contributed by atoms with E-state index < -0.39 is 11.7 Å². The van der Waals surface area contributed by atoms with Crippen LogP contribution in [-0.4, -0.2) is 23.3 Å². The van der Waals surface area contributed by atoms with Crippen molar-refractivity contribution in [2.24, 2.45) is 0 Å². The molecule has 0 heterocycles. The topological polar surface area (TPSA) is 78.4 Å². The minimum atomic E-state index is -0.667. The van der Waals surface area contributed by atoms with Crippen LogP contribution in [0.5, 0.6) is 5.75 Å². The SMILES string of the molecule is Cc1ccccc1C(=O)c1ccc(NCC(=O)Nc2ccccc2O)cc1F. The predicted molar refractivity (Wildman–Crippen MR) is 106 cm³/mol. The average Bonchev–Trinajstić information content (AvgIpc) is 2.68. The smallest absolute Gasteiger partial charge is 0.243 e. The molecule has 0 bridgehead atoms. The van der Waals surface area contributed by atoms with Crippen LogP contribution in [-0.2, 0) is 4.79 Å². The first kappa shape index (κ1) is 19.1. The molecule has 3 N–H and O–H groups in total. The van der Waals surface area contributed by atoms with Gasteiger partial charge in [-0.05, 0) is 42.8 Å². The van der Waals surface area contributed by atoms with E-state index in [4.69, 9.17) is 0 Å². The Bertz CT molecular complexity index is 1030. The maximum Gasteiger partial charge on any atom is 0.243 e. The average molecular weight is 378 g/mol. The largest absolute Gasteiger partial charge is 0.506 e. The number of phenolic OH excluding ortho intramolecular Hbond substituents is 1. The van der Waals surface area contributed by atoms with E-state index in [-0.39, 0.29) is 23.6 Å². The zero-order chi connectivity index (χ0) is 20.1. The monoisotopic (exact) mass is 378 g/mol. The van der Waals surface area contributed by atoms with Crippen molar-refractivity contribution in [1.29, 1.82) is 0 Å². The number of nitrogens with one attached hydrogen (secondary N) is 2. The molecule has 142 valence electrons. The number of anilines is 2. The molecule has 3 aromatic carbocycles. The molecule has 0 atom stereocenters. The van der Waals surface area contributed by atoms with Gasteiger partial charge in [0.15, 0.2) is 5.78 Å². The molecule has 0 aliphatic carbocycles. The molecule has 6 heteroatoms. The van der Waals surface area contributed by atoms with E-state index in [0.717, 1.165) is 5.56 Å². The molecule has 0 unspecified atom stereocenters. The number of carbonyl (C=O) groups excluding carboxylic acids is 2. The second-order valence-corrected chi connectivity index (χ2v) is 6.26. The van der Waals surface area contributed by atoms with E-state index in [1.807, 2.05) is 6.07 Å². The fourth-order valence-electron chi connectivity index (χ4n) is 2.74. The van der Waals surface area contributed by atoms with E-state index in [1.165, 1.54) is 18.2 Å². The lowest BCUT2D eigenvalue weighted by Gasteiger charge is -2.10. The van der Waals surface area contributed by atoms with Gasteiger partial charge in [0.2, 0.25) is 5.91 Å². The highest BCUT2D eigenvalue weighted by molar-refractivity contribution is 6.10. The number of aryl methyl sites for hydroxylation is 1. The molecule has 0 radical (unpaired) electrons. The third kappa shape index (κ3) is 4.35. The number of hydrogen-bond donors (Lipinski definition) is 3. The van der Waals surface area contributed by atoms with Crippen molar-refractivity contribution >= 4 is 23.1 Å². The number of benzene rings is 3. The van der Waals surface area contributed by atoms with Gasteiger partial charge >= 0.3 is 0 Å². The highest BCUT2D eigenvalue weighted by atomic mass is 19.1. The summed E-state index contributed by atoms with van der Waals surface area (Å²) in [6.45, 7) is 1.67. The lowest BCUT2D eigenvalue weighted by Crippen LogP contribution is -2.21. The van der Waals surface area contributed by atoms with Gasteiger partial charge < -0.3 is 15.7 Å². The van der Waals surface area contributed by atoms with E-state index in [9.17, 15) is 19.1 Å². The summed E-state index contributed by atoms with van der Waals surface area (Å²) in [6, 6.07) is 17.5. The number of para-hydroxylation sites is 2. The Kier molecular flexibility index (Phi) is 5.69. The summed E-state index contributed by atoms with van der Waals surface area (Å²) in [5.41, 5.74) is 1.85. The van der Waals surface area contributed by atoms with Gasteiger partial charge in [-0.25, -0.2) is 4.39 Å². The maximum absolute atomic E-state index is 14.4. The standard InChI is InChI=1S/C22H19FN2O3/c1-14-6-2-3-7-16(14)22(28)17-11-10-15(12-18(17)23)24-13-21(27)25-19-8-4-5-9-20(19)26/h2-12,24,26H,13H2,1H3,(H,25,27). The van der Waals surface area contributed by atoms with Crippen molar-refractivity contribution in [3.8, 4) is 5.75 Å². The summed E-state index contributed by atoms with van der Waals surface area (Å²) in [5, 5.41) is 15.0. The molecule has 1 amide bonds. The Morgan fingerprint density at radius 2 is 1.68 bits per heavy atom. The lowest BCUT2D eigenvalue weighted by molar-refractivity contribution is -0.114. The van der Waals surface area contributed by atoms with Crippen LogP contribution >= 0.6 is 0 Å². The zero-order valence-corrected chi connectivity index (χ0v) is 15.2. The minimum absolute atomic E-state index is 0.0292. The molecule has 0 saturated heterocycles. The number of carbonyl (C=O) groups is 2. The second kappa shape index (κ2) is 8.35. The van der Waals surface area contributed by atoms with Crippen molar-refractivity contribution in [2.75, 3.05) is 17.2 Å². The Hall–Kier alpha value is -3.67. The van der Waals surface area contributed by atoms with E-state index in [1.54, 1.807) is 49.4 Å². The van der Waals surface area contributed by atoms with Gasteiger partial charge in [-0.2, -0.15) is 0 Å². The summed E-state index contributed by atoms with van der Waals surface area (Å²) < 4.78 is 14.4. The van der Waals surface area contributed by atoms with Crippen LogP contribution in [0.1, 0.15) is 21.5 Å². The lowest BCUT2D eigenvalue weighted by atomic mass is 9.98. The van der Waals surface area contributed by atoms with Gasteiger partial charge in [0.25, 0.3) is 0 Å². The van der Waals surface area contributed by atoms with Crippen molar-refractivity contribution in [1.82, 2.24) is 0 Å². The van der Waals surface area contributed by atoms with Crippen LogP contribution < -0.4 is 10.6 Å². The molecule has 0 aromatic heterocycles. The summed E-state index contributed by atoms with van der Waals surface area (Å²) in [5.74, 6) is -1.50. The molecule has 5 nitrogen and oxygen atoms in total. The van der Waals surface area contributed by atoms with Crippen molar-refractivity contribution in [3.63, 3.8) is 0 Å². The highest BCUT2D eigenvalue weighted by Gasteiger charge is 2.16. The Balaban J connectivity index is 1.66. The third-order valence-electron chi connectivity index (χ3n) is 4.23. The van der Waals surface area contributed by atoms with Gasteiger partial charge in [0.1, 0.15) is 11.6 Å². The Morgan fingerprint density at radius 1 is 0.964 bits per heavy atom. The first-order valence-electron chi connectivity index (χ1n) is 8.67. The number of rotatable bonds is 6. The molecule has 0 aliphatic heterocycles. The molecule has 0 spiro atoms. The summed E-state index contributed by atoms with van der Waals surface area (Å²) >= 11 is 0. The Morgan fingerprint density at radius 3 is 2.39 bits per heavy atom. The van der Waals surface area contributed by atoms with E-state index in [0.29, 0.717) is 16.9 Å². The predicted octanol–water partition coefficient (Wildman–Crippen LogP) is 4.12. The molecule has 0 fully saturated rings. The van der Waals surface area contributed by atoms with Gasteiger partial charge in [-0.15, -0.1) is 0 Å².